The first kappa shape index (κ1) is 18.2. The summed E-state index contributed by atoms with van der Waals surface area (Å²) in [6.45, 7) is 3.42. The van der Waals surface area contributed by atoms with Gasteiger partial charge in [0.1, 0.15) is 0 Å². The molecule has 2 aromatic carbocycles. The van der Waals surface area contributed by atoms with E-state index in [0.717, 1.165) is 17.5 Å². The van der Waals surface area contributed by atoms with Crippen LogP contribution in [0.1, 0.15) is 47.8 Å². The maximum absolute atomic E-state index is 12.4. The van der Waals surface area contributed by atoms with Crippen molar-refractivity contribution in [3.8, 4) is 0 Å². The number of hydrogen-bond donors (Lipinski definition) is 3. The largest absolute Gasteiger partial charge is 0.394 e. The number of aliphatic hydroxyl groups is 2. The first-order valence-electron chi connectivity index (χ1n) is 8.17. The average Bonchev–Trinajstić information content (AvgIpc) is 2.58. The molecule has 0 unspecified atom stereocenters. The molecule has 0 saturated carbocycles. The van der Waals surface area contributed by atoms with Crippen LogP contribution in [-0.2, 0) is 6.42 Å². The highest BCUT2D eigenvalue weighted by Gasteiger charge is 2.15. The monoisotopic (exact) mass is 327 g/mol. The molecule has 0 aliphatic heterocycles. The topological polar surface area (TPSA) is 69.6 Å². The number of aryl methyl sites for hydroxylation is 1. The van der Waals surface area contributed by atoms with Crippen LogP contribution in [0.5, 0.6) is 0 Å². The fourth-order valence-corrected chi connectivity index (χ4v) is 2.43. The van der Waals surface area contributed by atoms with Crippen molar-refractivity contribution in [2.45, 2.75) is 38.3 Å². The van der Waals surface area contributed by atoms with Gasteiger partial charge in [-0.25, -0.2) is 0 Å². The van der Waals surface area contributed by atoms with E-state index in [1.165, 1.54) is 0 Å². The number of carbonyl (C=O) groups excluding carboxylic acids is 1. The lowest BCUT2D eigenvalue weighted by atomic mass is 9.98. The number of rotatable bonds is 7. The van der Waals surface area contributed by atoms with Crippen molar-refractivity contribution in [1.82, 2.24) is 5.32 Å². The summed E-state index contributed by atoms with van der Waals surface area (Å²) in [5, 5.41) is 22.1. The first-order valence-corrected chi connectivity index (χ1v) is 8.17. The van der Waals surface area contributed by atoms with Crippen LogP contribution in [0.3, 0.4) is 0 Å². The van der Waals surface area contributed by atoms with Gasteiger partial charge in [0.05, 0.1) is 18.2 Å². The molecule has 0 saturated heterocycles. The van der Waals surface area contributed by atoms with Crippen molar-refractivity contribution in [1.29, 1.82) is 0 Å². The van der Waals surface area contributed by atoms with Crippen molar-refractivity contribution in [2.75, 3.05) is 6.61 Å². The van der Waals surface area contributed by atoms with Crippen LogP contribution in [-0.4, -0.2) is 28.3 Å². The summed E-state index contributed by atoms with van der Waals surface area (Å²) < 4.78 is 0. The van der Waals surface area contributed by atoms with E-state index in [1.54, 1.807) is 26.0 Å². The maximum atomic E-state index is 12.4. The third kappa shape index (κ3) is 5.48. The smallest absolute Gasteiger partial charge is 0.251 e. The minimum absolute atomic E-state index is 0.153. The van der Waals surface area contributed by atoms with Crippen molar-refractivity contribution in [2.24, 2.45) is 0 Å². The van der Waals surface area contributed by atoms with Gasteiger partial charge in [0, 0.05) is 5.56 Å². The van der Waals surface area contributed by atoms with E-state index in [2.05, 4.69) is 5.32 Å². The fraction of sp³-hybridized carbons (Fsp3) is 0.350. The fourth-order valence-electron chi connectivity index (χ4n) is 2.43. The quantitative estimate of drug-likeness (QED) is 0.732. The molecule has 0 aliphatic rings. The van der Waals surface area contributed by atoms with Gasteiger partial charge < -0.3 is 15.5 Å². The molecule has 4 heteroatoms. The molecule has 0 heterocycles. The third-order valence-corrected chi connectivity index (χ3v) is 3.93. The molecular formula is C20H25NO3. The van der Waals surface area contributed by atoms with Gasteiger partial charge in [-0.1, -0.05) is 42.5 Å². The highest BCUT2D eigenvalue weighted by atomic mass is 16.3. The Balaban J connectivity index is 1.99. The minimum Gasteiger partial charge on any atom is -0.394 e. The Hall–Kier alpha value is -2.17. The Bertz CT molecular complexity index is 645. The molecule has 128 valence electrons. The second kappa shape index (κ2) is 8.08. The third-order valence-electron chi connectivity index (χ3n) is 3.93. The zero-order valence-corrected chi connectivity index (χ0v) is 14.2. The number of hydrogen-bond acceptors (Lipinski definition) is 3. The van der Waals surface area contributed by atoms with E-state index in [0.29, 0.717) is 12.0 Å². The molecule has 0 bridgehead atoms. The predicted octanol–water partition coefficient (Wildman–Crippen LogP) is 2.85. The molecule has 0 aliphatic carbocycles. The molecule has 0 aromatic heterocycles. The van der Waals surface area contributed by atoms with Gasteiger partial charge in [0.15, 0.2) is 0 Å². The van der Waals surface area contributed by atoms with E-state index in [4.69, 9.17) is 0 Å². The molecule has 2 aromatic rings. The van der Waals surface area contributed by atoms with Crippen LogP contribution in [0, 0.1) is 0 Å². The van der Waals surface area contributed by atoms with Crippen LogP contribution < -0.4 is 5.32 Å². The molecule has 24 heavy (non-hydrogen) atoms. The van der Waals surface area contributed by atoms with Crippen LogP contribution >= 0.6 is 0 Å². The highest BCUT2D eigenvalue weighted by molar-refractivity contribution is 5.94. The summed E-state index contributed by atoms with van der Waals surface area (Å²) in [7, 11) is 0. The lowest BCUT2D eigenvalue weighted by Crippen LogP contribution is -2.30. The Morgan fingerprint density at radius 1 is 1.08 bits per heavy atom. The highest BCUT2D eigenvalue weighted by Crippen LogP contribution is 2.15. The molecule has 0 spiro atoms. The standard InChI is InChI=1S/C20H25NO3/c1-20(2,24)13-12-15-8-10-17(11-9-15)19(23)21-18(14-22)16-6-4-3-5-7-16/h3-11,18,22,24H,12-14H2,1-2H3,(H,21,23)/t18-/m1/s1. The van der Waals surface area contributed by atoms with E-state index >= 15 is 0 Å². The van der Waals surface area contributed by atoms with Gasteiger partial charge in [-0.15, -0.1) is 0 Å². The number of benzene rings is 2. The molecule has 1 amide bonds. The van der Waals surface area contributed by atoms with Crippen molar-refractivity contribution in [3.63, 3.8) is 0 Å². The molecule has 4 nitrogen and oxygen atoms in total. The van der Waals surface area contributed by atoms with Gasteiger partial charge >= 0.3 is 0 Å². The minimum atomic E-state index is -0.694. The predicted molar refractivity (Wildman–Crippen MR) is 94.8 cm³/mol. The molecule has 0 fully saturated rings. The van der Waals surface area contributed by atoms with Gasteiger partial charge in [0.25, 0.3) is 5.91 Å². The van der Waals surface area contributed by atoms with Gasteiger partial charge in [-0.05, 0) is 49.9 Å². The summed E-state index contributed by atoms with van der Waals surface area (Å²) >= 11 is 0. The number of amides is 1. The normalized spacial score (nSPS) is 12.7. The molecule has 2 rings (SSSR count). The Morgan fingerprint density at radius 3 is 2.25 bits per heavy atom. The Morgan fingerprint density at radius 2 is 1.71 bits per heavy atom. The van der Waals surface area contributed by atoms with Crippen molar-refractivity contribution in [3.05, 3.63) is 71.3 Å². The van der Waals surface area contributed by atoms with Crippen LogP contribution in [0.2, 0.25) is 0 Å². The van der Waals surface area contributed by atoms with E-state index in [1.807, 2.05) is 42.5 Å². The number of carbonyl (C=O) groups is 1. The van der Waals surface area contributed by atoms with Gasteiger partial charge in [0.2, 0.25) is 0 Å². The second-order valence-electron chi connectivity index (χ2n) is 6.63. The zero-order chi connectivity index (χ0) is 17.6. The van der Waals surface area contributed by atoms with Crippen LogP contribution in [0.15, 0.2) is 54.6 Å². The van der Waals surface area contributed by atoms with E-state index < -0.39 is 11.6 Å². The lowest BCUT2D eigenvalue weighted by molar-refractivity contribution is 0.0713. The summed E-state index contributed by atoms with van der Waals surface area (Å²) in [6, 6.07) is 16.3. The summed E-state index contributed by atoms with van der Waals surface area (Å²) in [5.74, 6) is -0.216. The summed E-state index contributed by atoms with van der Waals surface area (Å²) in [4.78, 5) is 12.4. The molecule has 3 N–H and O–H groups in total. The van der Waals surface area contributed by atoms with Crippen LogP contribution in [0.4, 0.5) is 0 Å². The number of aliphatic hydroxyl groups excluding tert-OH is 1. The summed E-state index contributed by atoms with van der Waals surface area (Å²) in [6.07, 6.45) is 1.42. The molecular weight excluding hydrogens is 302 g/mol. The number of nitrogens with one attached hydrogen (secondary N) is 1. The van der Waals surface area contributed by atoms with Gasteiger partial charge in [-0.2, -0.15) is 0 Å². The lowest BCUT2D eigenvalue weighted by Gasteiger charge is -2.18. The zero-order valence-electron chi connectivity index (χ0n) is 14.2. The average molecular weight is 327 g/mol. The van der Waals surface area contributed by atoms with Crippen molar-refractivity contribution >= 4 is 5.91 Å². The van der Waals surface area contributed by atoms with E-state index in [9.17, 15) is 15.0 Å². The van der Waals surface area contributed by atoms with Crippen LogP contribution in [0.25, 0.3) is 0 Å². The summed E-state index contributed by atoms with van der Waals surface area (Å²) in [5.41, 5.74) is 1.81. The SMILES string of the molecule is CC(C)(O)CCc1ccc(C(=O)N[C@H](CO)c2ccccc2)cc1. The molecule has 0 radical (unpaired) electrons. The second-order valence-corrected chi connectivity index (χ2v) is 6.63. The molecule has 1 atom stereocenters. The van der Waals surface area contributed by atoms with Gasteiger partial charge in [-0.3, -0.25) is 4.79 Å². The maximum Gasteiger partial charge on any atom is 0.251 e. The Labute approximate surface area is 143 Å². The van der Waals surface area contributed by atoms with E-state index in [-0.39, 0.29) is 12.5 Å². The first-order chi connectivity index (χ1) is 11.4. The van der Waals surface area contributed by atoms with Crippen molar-refractivity contribution < 1.29 is 15.0 Å². The Kier molecular flexibility index (Phi) is 6.12.